The van der Waals surface area contributed by atoms with Crippen molar-refractivity contribution in [3.05, 3.63) is 6.54 Å². The molecule has 1 N–H and O–H groups in total. The lowest BCUT2D eigenvalue weighted by atomic mass is 9.72. The molecule has 1 nitrogen and oxygen atoms in total. The molecule has 0 aromatic rings. The van der Waals surface area contributed by atoms with Gasteiger partial charge in [0.25, 0.3) is 0 Å². The first-order chi connectivity index (χ1) is 5.92. The highest BCUT2D eigenvalue weighted by Crippen LogP contribution is 2.43. The Morgan fingerprint density at radius 2 is 2.08 bits per heavy atom. The van der Waals surface area contributed by atoms with Crippen molar-refractivity contribution < 1.29 is 0 Å². The fourth-order valence-corrected chi connectivity index (χ4v) is 2.97. The van der Waals surface area contributed by atoms with Gasteiger partial charge in [-0.05, 0) is 43.4 Å². The third kappa shape index (κ3) is 1.28. The van der Waals surface area contributed by atoms with Crippen molar-refractivity contribution in [2.45, 2.75) is 44.6 Å². The van der Waals surface area contributed by atoms with Gasteiger partial charge in [-0.15, -0.1) is 0 Å². The first-order valence-electron chi connectivity index (χ1n) is 5.51. The molecule has 67 valence electrons. The van der Waals surface area contributed by atoms with Crippen LogP contribution < -0.4 is 5.32 Å². The van der Waals surface area contributed by atoms with Crippen molar-refractivity contribution in [2.24, 2.45) is 17.8 Å². The van der Waals surface area contributed by atoms with Crippen LogP contribution in [0.15, 0.2) is 0 Å². The molecule has 0 amide bonds. The number of fused-ring (bicyclic) bond motifs is 3. The highest BCUT2D eigenvalue weighted by molar-refractivity contribution is 4.98. The van der Waals surface area contributed by atoms with E-state index < -0.39 is 0 Å². The summed E-state index contributed by atoms with van der Waals surface area (Å²) < 4.78 is 0. The van der Waals surface area contributed by atoms with E-state index in [1.165, 1.54) is 38.5 Å². The van der Waals surface area contributed by atoms with Gasteiger partial charge in [-0.25, -0.2) is 0 Å². The SMILES string of the molecule is [CH]1N[C@H]2CC[C@@H]1C[C@@H]2CC1CC1. The van der Waals surface area contributed by atoms with Crippen LogP contribution in [-0.2, 0) is 0 Å². The van der Waals surface area contributed by atoms with Crippen molar-refractivity contribution in [2.75, 3.05) is 0 Å². The Labute approximate surface area is 74.9 Å². The van der Waals surface area contributed by atoms with Crippen LogP contribution in [0.25, 0.3) is 0 Å². The summed E-state index contributed by atoms with van der Waals surface area (Å²) in [6.07, 6.45) is 8.97. The van der Waals surface area contributed by atoms with Crippen molar-refractivity contribution in [3.63, 3.8) is 0 Å². The molecule has 0 unspecified atom stereocenters. The zero-order valence-corrected chi connectivity index (χ0v) is 7.63. The Kier molecular flexibility index (Phi) is 1.68. The number of hydrogen-bond donors (Lipinski definition) is 1. The molecule has 2 aliphatic heterocycles. The Hall–Kier alpha value is -0.0400. The van der Waals surface area contributed by atoms with Gasteiger partial charge in [0.15, 0.2) is 0 Å². The fraction of sp³-hybridized carbons (Fsp3) is 0.909. The molecule has 2 bridgehead atoms. The van der Waals surface area contributed by atoms with E-state index in [2.05, 4.69) is 11.9 Å². The van der Waals surface area contributed by atoms with Crippen LogP contribution >= 0.6 is 0 Å². The van der Waals surface area contributed by atoms with Crippen molar-refractivity contribution in [1.82, 2.24) is 5.32 Å². The van der Waals surface area contributed by atoms with E-state index >= 15 is 0 Å². The van der Waals surface area contributed by atoms with Crippen molar-refractivity contribution >= 4 is 0 Å². The van der Waals surface area contributed by atoms with Crippen LogP contribution in [0.2, 0.25) is 0 Å². The maximum absolute atomic E-state index is 3.58. The third-order valence-electron chi connectivity index (χ3n) is 3.90. The number of hydrogen-bond acceptors (Lipinski definition) is 1. The molecule has 12 heavy (non-hydrogen) atoms. The Bertz CT molecular complexity index is 164. The zero-order valence-electron chi connectivity index (χ0n) is 7.63. The monoisotopic (exact) mass is 164 g/mol. The summed E-state index contributed by atoms with van der Waals surface area (Å²) in [5, 5.41) is 3.58. The highest BCUT2D eigenvalue weighted by atomic mass is 15.0. The quantitative estimate of drug-likeness (QED) is 0.660. The molecule has 4 fully saturated rings. The molecule has 4 aliphatic rings. The third-order valence-corrected chi connectivity index (χ3v) is 3.90. The molecule has 1 heteroatoms. The van der Waals surface area contributed by atoms with Crippen LogP contribution in [-0.4, -0.2) is 6.04 Å². The molecule has 3 atom stereocenters. The Balaban J connectivity index is 1.62. The van der Waals surface area contributed by atoms with Crippen LogP contribution in [0, 0.1) is 24.3 Å². The van der Waals surface area contributed by atoms with Gasteiger partial charge in [0.2, 0.25) is 0 Å². The topological polar surface area (TPSA) is 12.0 Å². The minimum atomic E-state index is 0.857. The van der Waals surface area contributed by atoms with E-state index in [1.54, 1.807) is 0 Å². The molecule has 4 rings (SSSR count). The predicted molar refractivity (Wildman–Crippen MR) is 49.4 cm³/mol. The van der Waals surface area contributed by atoms with Crippen molar-refractivity contribution in [3.8, 4) is 0 Å². The Morgan fingerprint density at radius 3 is 2.58 bits per heavy atom. The molecular formula is C11H18N. The smallest absolute Gasteiger partial charge is 0.0255 e. The van der Waals surface area contributed by atoms with E-state index in [9.17, 15) is 0 Å². The summed E-state index contributed by atoms with van der Waals surface area (Å²) in [7, 11) is 0. The summed E-state index contributed by atoms with van der Waals surface area (Å²) in [5.41, 5.74) is 0. The van der Waals surface area contributed by atoms with Crippen LogP contribution in [0.3, 0.4) is 0 Å². The first kappa shape index (κ1) is 7.37. The van der Waals surface area contributed by atoms with E-state index in [1.807, 2.05) is 0 Å². The normalized spacial score (nSPS) is 46.5. The lowest BCUT2D eigenvalue weighted by molar-refractivity contribution is 0.156. The molecule has 1 radical (unpaired) electrons. The van der Waals surface area contributed by atoms with Crippen LogP contribution in [0.5, 0.6) is 0 Å². The average Bonchev–Trinajstić information content (AvgIpc) is 2.90. The molecule has 2 saturated carbocycles. The van der Waals surface area contributed by atoms with E-state index in [4.69, 9.17) is 0 Å². The van der Waals surface area contributed by atoms with Crippen LogP contribution in [0.4, 0.5) is 0 Å². The molecular weight excluding hydrogens is 146 g/mol. The van der Waals surface area contributed by atoms with Gasteiger partial charge >= 0.3 is 0 Å². The van der Waals surface area contributed by atoms with E-state index in [0.29, 0.717) is 0 Å². The summed E-state index contributed by atoms with van der Waals surface area (Å²) in [6, 6.07) is 0.857. The number of piperidine rings is 2. The van der Waals surface area contributed by atoms with Gasteiger partial charge in [-0.3, -0.25) is 0 Å². The molecule has 2 saturated heterocycles. The minimum absolute atomic E-state index is 0.857. The van der Waals surface area contributed by atoms with Gasteiger partial charge in [-0.2, -0.15) is 0 Å². The van der Waals surface area contributed by atoms with E-state index in [-0.39, 0.29) is 0 Å². The van der Waals surface area contributed by atoms with Gasteiger partial charge in [-0.1, -0.05) is 12.8 Å². The van der Waals surface area contributed by atoms with Crippen molar-refractivity contribution in [1.29, 1.82) is 0 Å². The maximum atomic E-state index is 3.58. The largest absolute Gasteiger partial charge is 0.309 e. The average molecular weight is 164 g/mol. The lowest BCUT2D eigenvalue weighted by Gasteiger charge is -2.43. The molecule has 0 aromatic heterocycles. The standard InChI is InChI=1S/C11H18N/c1-2-8(1)5-10-6-9-3-4-11(10)12-7-9/h7-12H,1-6H2/t9-,10+,11+/m1/s1. The fourth-order valence-electron chi connectivity index (χ4n) is 2.97. The molecule has 0 aromatic carbocycles. The second-order valence-corrected chi connectivity index (χ2v) is 4.95. The first-order valence-corrected chi connectivity index (χ1v) is 5.51. The van der Waals surface area contributed by atoms with Gasteiger partial charge in [0.05, 0.1) is 0 Å². The van der Waals surface area contributed by atoms with Gasteiger partial charge < -0.3 is 5.32 Å². The summed E-state index contributed by atoms with van der Waals surface area (Å²) in [4.78, 5) is 0. The molecule has 2 aliphatic carbocycles. The van der Waals surface area contributed by atoms with Gasteiger partial charge in [0.1, 0.15) is 0 Å². The minimum Gasteiger partial charge on any atom is -0.309 e. The Morgan fingerprint density at radius 1 is 1.17 bits per heavy atom. The molecule has 2 heterocycles. The highest BCUT2D eigenvalue weighted by Gasteiger charge is 2.38. The number of nitrogens with one attached hydrogen (secondary N) is 1. The lowest BCUT2D eigenvalue weighted by Crippen LogP contribution is -2.47. The second-order valence-electron chi connectivity index (χ2n) is 4.95. The van der Waals surface area contributed by atoms with E-state index in [0.717, 1.165) is 23.8 Å². The zero-order chi connectivity index (χ0) is 7.97. The maximum Gasteiger partial charge on any atom is 0.0255 e. The molecule has 0 spiro atoms. The summed E-state index contributed by atoms with van der Waals surface area (Å²) in [6.45, 7) is 2.36. The predicted octanol–water partition coefficient (Wildman–Crippen LogP) is 2.34. The second kappa shape index (κ2) is 2.73. The summed E-state index contributed by atoms with van der Waals surface area (Å²) in [5.74, 6) is 3.07. The number of rotatable bonds is 2. The van der Waals surface area contributed by atoms with Crippen LogP contribution in [0.1, 0.15) is 38.5 Å². The van der Waals surface area contributed by atoms with Gasteiger partial charge in [0, 0.05) is 12.6 Å². The summed E-state index contributed by atoms with van der Waals surface area (Å²) >= 11 is 0.